The van der Waals surface area contributed by atoms with Gasteiger partial charge in [-0.25, -0.2) is 13.8 Å². The highest BCUT2D eigenvalue weighted by atomic mass is 35.5. The van der Waals surface area contributed by atoms with Gasteiger partial charge in [0, 0.05) is 29.9 Å². The first kappa shape index (κ1) is 31.8. The molecule has 0 bridgehead atoms. The number of aromatic nitrogens is 2. The van der Waals surface area contributed by atoms with Gasteiger partial charge in [0.1, 0.15) is 17.9 Å². The fourth-order valence-corrected chi connectivity index (χ4v) is 7.44. The average molecular weight is 654 g/mol. The molecule has 3 heterocycles. The van der Waals surface area contributed by atoms with E-state index in [0.717, 1.165) is 48.0 Å². The van der Waals surface area contributed by atoms with Gasteiger partial charge in [-0.1, -0.05) is 23.2 Å². The molecular weight excluding hydrogens is 616 g/mol. The Labute approximate surface area is 261 Å². The number of halogens is 4. The molecule has 1 aromatic heterocycles. The first-order valence-corrected chi connectivity index (χ1v) is 17.5. The van der Waals surface area contributed by atoms with E-state index in [1.54, 1.807) is 26.5 Å². The molecule has 2 aliphatic heterocycles. The second kappa shape index (κ2) is 12.4. The van der Waals surface area contributed by atoms with Crippen LogP contribution in [0.3, 0.4) is 0 Å². The van der Waals surface area contributed by atoms with E-state index in [4.69, 9.17) is 27.9 Å². The number of piperidine rings is 1. The van der Waals surface area contributed by atoms with Crippen molar-refractivity contribution >= 4 is 64.5 Å². The molecule has 2 N–H and O–H groups in total. The number of methoxy groups -OCH3 is 1. The van der Waals surface area contributed by atoms with Crippen LogP contribution in [0.1, 0.15) is 24.0 Å². The van der Waals surface area contributed by atoms with Crippen LogP contribution in [0.25, 0.3) is 0 Å². The SMILES string of the molecule is COc1cc(N2CC3(CCN(CC(F)F)CC3)C2)c(Cl)cc1Nc1ncc(Cl)c(Nc2cc(C)c(C)cc2P(C)(C)=O)n1. The highest BCUT2D eigenvalue weighted by Crippen LogP contribution is 2.47. The lowest BCUT2D eigenvalue weighted by Gasteiger charge is -2.55. The minimum atomic E-state index is -2.60. The molecule has 8 nitrogen and oxygen atoms in total. The Hall–Kier alpha value is -2.65. The quantitative estimate of drug-likeness (QED) is 0.233. The molecule has 0 saturated carbocycles. The minimum absolute atomic E-state index is 0.131. The van der Waals surface area contributed by atoms with Crippen LogP contribution in [-0.4, -0.2) is 74.5 Å². The molecule has 2 saturated heterocycles. The second-order valence-electron chi connectivity index (χ2n) is 12.0. The number of alkyl halides is 2. The number of aryl methyl sites for hydroxylation is 2. The second-order valence-corrected chi connectivity index (χ2v) is 16.0. The predicted octanol–water partition coefficient (Wildman–Crippen LogP) is 7.31. The lowest BCUT2D eigenvalue weighted by atomic mass is 9.71. The monoisotopic (exact) mass is 652 g/mol. The summed E-state index contributed by atoms with van der Waals surface area (Å²) in [7, 11) is -1.01. The molecule has 0 aliphatic carbocycles. The van der Waals surface area contributed by atoms with Gasteiger partial charge < -0.3 is 24.8 Å². The molecule has 0 unspecified atom stereocenters. The lowest BCUT2D eigenvalue weighted by molar-refractivity contribution is 0.0320. The van der Waals surface area contributed by atoms with E-state index in [2.05, 4.69) is 25.5 Å². The Kier molecular flexibility index (Phi) is 9.15. The van der Waals surface area contributed by atoms with Crippen LogP contribution in [0, 0.1) is 19.3 Å². The normalized spacial score (nSPS) is 16.8. The molecule has 13 heteroatoms. The van der Waals surface area contributed by atoms with E-state index >= 15 is 0 Å². The third-order valence-corrected chi connectivity index (χ3v) is 10.5. The van der Waals surface area contributed by atoms with Gasteiger partial charge in [-0.3, -0.25) is 4.90 Å². The van der Waals surface area contributed by atoms with E-state index in [1.165, 1.54) is 6.20 Å². The fraction of sp³-hybridized carbons (Fsp3) is 0.467. The molecule has 0 amide bonds. The molecule has 2 aliphatic rings. The van der Waals surface area contributed by atoms with Gasteiger partial charge in [0.05, 0.1) is 41.9 Å². The average Bonchev–Trinajstić information content (AvgIpc) is 2.91. The summed E-state index contributed by atoms with van der Waals surface area (Å²) in [5.41, 5.74) is 4.35. The summed E-state index contributed by atoms with van der Waals surface area (Å²) in [5, 5.41) is 8.02. The predicted molar refractivity (Wildman–Crippen MR) is 173 cm³/mol. The number of nitrogens with one attached hydrogen (secondary N) is 2. The summed E-state index contributed by atoms with van der Waals surface area (Å²) in [6, 6.07) is 7.56. The number of nitrogens with zero attached hydrogens (tertiary/aromatic N) is 4. The molecule has 0 radical (unpaired) electrons. The summed E-state index contributed by atoms with van der Waals surface area (Å²) in [6.45, 7) is 10.3. The highest BCUT2D eigenvalue weighted by molar-refractivity contribution is 7.70. The zero-order chi connectivity index (χ0) is 31.1. The Bertz CT molecular complexity index is 1550. The lowest BCUT2D eigenvalue weighted by Crippen LogP contribution is -2.60. The van der Waals surface area contributed by atoms with E-state index in [0.29, 0.717) is 46.1 Å². The van der Waals surface area contributed by atoms with Crippen molar-refractivity contribution in [1.29, 1.82) is 0 Å². The van der Waals surface area contributed by atoms with Crippen LogP contribution in [-0.2, 0) is 4.57 Å². The summed E-state index contributed by atoms with van der Waals surface area (Å²) in [5.74, 6) is 1.20. The number of anilines is 5. The van der Waals surface area contributed by atoms with Gasteiger partial charge in [-0.05, 0) is 82.4 Å². The molecule has 43 heavy (non-hydrogen) atoms. The number of hydrogen-bond donors (Lipinski definition) is 2. The van der Waals surface area contributed by atoms with E-state index < -0.39 is 13.6 Å². The molecule has 0 atom stereocenters. The third kappa shape index (κ3) is 7.03. The van der Waals surface area contributed by atoms with Crippen molar-refractivity contribution < 1.29 is 18.1 Å². The first-order chi connectivity index (χ1) is 20.3. The van der Waals surface area contributed by atoms with Gasteiger partial charge in [0.2, 0.25) is 5.95 Å². The van der Waals surface area contributed by atoms with Crippen LogP contribution >= 0.6 is 30.3 Å². The number of likely N-dealkylation sites (tertiary alicyclic amines) is 1. The summed E-state index contributed by atoms with van der Waals surface area (Å²) < 4.78 is 44.3. The number of benzene rings is 2. The van der Waals surface area contributed by atoms with Crippen LogP contribution in [0.4, 0.5) is 37.6 Å². The van der Waals surface area contributed by atoms with Gasteiger partial charge in [-0.2, -0.15) is 4.98 Å². The Balaban J connectivity index is 1.32. The zero-order valence-electron chi connectivity index (χ0n) is 25.0. The summed E-state index contributed by atoms with van der Waals surface area (Å²) >= 11 is 13.2. The Morgan fingerprint density at radius 2 is 1.70 bits per heavy atom. The molecule has 232 valence electrons. The molecule has 1 spiro atoms. The standard InChI is InChI=1S/C30H37Cl2F2N6O2P/c1-18-10-23(26(11-19(18)2)43(4,5)41)36-28-21(32)14-35-29(38-28)37-22-12-20(31)24(13-25(22)42-3)40-16-30(17-40)6-8-39(9-7-30)15-27(33)34/h10-14,27H,6-9,15-17H2,1-5H3,(H2,35,36,37,38). The number of rotatable bonds is 9. The van der Waals surface area contributed by atoms with Gasteiger partial charge in [0.25, 0.3) is 6.43 Å². The smallest absolute Gasteiger partial charge is 0.251 e. The molecule has 5 rings (SSSR count). The zero-order valence-corrected chi connectivity index (χ0v) is 27.4. The largest absolute Gasteiger partial charge is 0.494 e. The van der Waals surface area contributed by atoms with Crippen molar-refractivity contribution in [2.24, 2.45) is 5.41 Å². The number of ether oxygens (including phenoxy) is 1. The topological polar surface area (TPSA) is 82.6 Å². The Morgan fingerprint density at radius 3 is 2.33 bits per heavy atom. The van der Waals surface area contributed by atoms with Crippen molar-refractivity contribution in [3.63, 3.8) is 0 Å². The van der Waals surface area contributed by atoms with Gasteiger partial charge in [-0.15, -0.1) is 0 Å². The highest BCUT2D eigenvalue weighted by Gasteiger charge is 2.45. The van der Waals surface area contributed by atoms with Gasteiger partial charge in [0.15, 0.2) is 5.82 Å². The van der Waals surface area contributed by atoms with E-state index in [-0.39, 0.29) is 17.9 Å². The fourth-order valence-electron chi connectivity index (χ4n) is 5.82. The molecule has 2 aromatic carbocycles. The molecule has 3 aromatic rings. The first-order valence-electron chi connectivity index (χ1n) is 14.1. The van der Waals surface area contributed by atoms with Crippen molar-refractivity contribution in [1.82, 2.24) is 14.9 Å². The van der Waals surface area contributed by atoms with E-state index in [1.807, 2.05) is 36.9 Å². The van der Waals surface area contributed by atoms with Crippen LogP contribution in [0.5, 0.6) is 5.75 Å². The van der Waals surface area contributed by atoms with Crippen molar-refractivity contribution in [3.05, 3.63) is 51.6 Å². The maximum absolute atomic E-state index is 13.0. The third-order valence-electron chi connectivity index (χ3n) is 8.41. The summed E-state index contributed by atoms with van der Waals surface area (Å²) in [4.78, 5) is 13.0. The van der Waals surface area contributed by atoms with E-state index in [9.17, 15) is 13.3 Å². The maximum Gasteiger partial charge on any atom is 0.251 e. The van der Waals surface area contributed by atoms with Crippen LogP contribution < -0.4 is 25.6 Å². The maximum atomic E-state index is 13.0. The Morgan fingerprint density at radius 1 is 1.02 bits per heavy atom. The van der Waals surface area contributed by atoms with Crippen molar-refractivity contribution in [2.45, 2.75) is 33.1 Å². The minimum Gasteiger partial charge on any atom is -0.494 e. The van der Waals surface area contributed by atoms with Crippen LogP contribution in [0.15, 0.2) is 30.5 Å². The van der Waals surface area contributed by atoms with Gasteiger partial charge >= 0.3 is 0 Å². The summed E-state index contributed by atoms with van der Waals surface area (Å²) in [6.07, 6.45) is 0.986. The van der Waals surface area contributed by atoms with Crippen molar-refractivity contribution in [3.8, 4) is 5.75 Å². The van der Waals surface area contributed by atoms with Crippen LogP contribution in [0.2, 0.25) is 10.0 Å². The van der Waals surface area contributed by atoms with Crippen molar-refractivity contribution in [2.75, 3.05) is 68.7 Å². The molecular formula is C30H37Cl2F2N6O2P. The molecule has 2 fully saturated rings. The number of hydrogen-bond acceptors (Lipinski definition) is 8.